The van der Waals surface area contributed by atoms with Crippen LogP contribution in [0.4, 0.5) is 4.79 Å². The van der Waals surface area contributed by atoms with Crippen molar-refractivity contribution in [1.82, 2.24) is 20.9 Å². The minimum Gasteiger partial charge on any atom is -0.444 e. The summed E-state index contributed by atoms with van der Waals surface area (Å²) in [7, 11) is 1.76. The molecule has 1 fully saturated rings. The highest BCUT2D eigenvalue weighted by Crippen LogP contribution is 2.10. The first-order valence-corrected chi connectivity index (χ1v) is 9.44. The number of hydrogen-bond donors (Lipinski definition) is 3. The fraction of sp³-hybridized carbons (Fsp3) is 0.889. The van der Waals surface area contributed by atoms with Crippen LogP contribution in [0.25, 0.3) is 0 Å². The predicted molar refractivity (Wildman–Crippen MR) is 118 cm³/mol. The number of amides is 1. The molecule has 0 bridgehead atoms. The normalized spacial score (nSPS) is 17.0. The smallest absolute Gasteiger partial charge is 0.407 e. The topological polar surface area (TPSA) is 78.0 Å². The number of carbonyl (C=O) groups excluding carboxylic acids is 1. The summed E-state index contributed by atoms with van der Waals surface area (Å²) in [6.07, 6.45) is 3.63. The quantitative estimate of drug-likeness (QED) is 0.225. The van der Waals surface area contributed by atoms with E-state index in [1.54, 1.807) is 7.05 Å². The molecule has 154 valence electrons. The number of piperidine rings is 1. The minimum absolute atomic E-state index is 0. The second kappa shape index (κ2) is 13.4. The van der Waals surface area contributed by atoms with E-state index in [9.17, 15) is 4.79 Å². The third-order valence-electron chi connectivity index (χ3n) is 3.95. The van der Waals surface area contributed by atoms with Crippen LogP contribution in [0, 0.1) is 5.92 Å². The van der Waals surface area contributed by atoms with Gasteiger partial charge in [-0.2, -0.15) is 0 Å². The summed E-state index contributed by atoms with van der Waals surface area (Å²) in [5.41, 5.74) is -0.473. The standard InChI is InChI=1S/C18H37N5O2.HI/c1-15(14-23-11-7-6-8-12-23)13-22-16(19-5)20-9-10-21-17(24)25-18(2,3)4;/h15H,6-14H2,1-5H3,(H,21,24)(H2,19,20,22);1H. The van der Waals surface area contributed by atoms with Gasteiger partial charge in [0.05, 0.1) is 0 Å². The first kappa shape index (κ1) is 25.2. The van der Waals surface area contributed by atoms with Crippen LogP contribution in [0.15, 0.2) is 4.99 Å². The fourth-order valence-electron chi connectivity index (χ4n) is 2.80. The van der Waals surface area contributed by atoms with E-state index in [0.29, 0.717) is 19.0 Å². The maximum atomic E-state index is 11.6. The van der Waals surface area contributed by atoms with E-state index < -0.39 is 11.7 Å². The molecule has 0 aromatic rings. The molecule has 1 unspecified atom stereocenters. The van der Waals surface area contributed by atoms with Crippen molar-refractivity contribution in [1.29, 1.82) is 0 Å². The average Bonchev–Trinajstić information content (AvgIpc) is 2.53. The van der Waals surface area contributed by atoms with E-state index in [4.69, 9.17) is 4.74 Å². The van der Waals surface area contributed by atoms with E-state index in [-0.39, 0.29) is 24.0 Å². The third kappa shape index (κ3) is 12.6. The molecular formula is C18H38IN5O2. The van der Waals surface area contributed by atoms with Crippen LogP contribution < -0.4 is 16.0 Å². The summed E-state index contributed by atoms with van der Waals surface area (Å²) in [5, 5.41) is 9.28. The van der Waals surface area contributed by atoms with Gasteiger partial charge >= 0.3 is 6.09 Å². The van der Waals surface area contributed by atoms with E-state index >= 15 is 0 Å². The first-order valence-electron chi connectivity index (χ1n) is 9.44. The summed E-state index contributed by atoms with van der Waals surface area (Å²) >= 11 is 0. The number of aliphatic imine (C=N–C) groups is 1. The van der Waals surface area contributed by atoms with Crippen LogP contribution >= 0.6 is 24.0 Å². The van der Waals surface area contributed by atoms with Gasteiger partial charge in [0.1, 0.15) is 5.60 Å². The Kier molecular flexibility index (Phi) is 13.0. The van der Waals surface area contributed by atoms with E-state index in [1.807, 2.05) is 20.8 Å². The van der Waals surface area contributed by atoms with Gasteiger partial charge in [0.25, 0.3) is 0 Å². The van der Waals surface area contributed by atoms with Gasteiger partial charge in [-0.3, -0.25) is 4.99 Å². The molecule has 0 saturated carbocycles. The Hall–Kier alpha value is -0.770. The summed E-state index contributed by atoms with van der Waals surface area (Å²) in [4.78, 5) is 18.3. The summed E-state index contributed by atoms with van der Waals surface area (Å²) in [6.45, 7) is 13.4. The molecule has 7 nitrogen and oxygen atoms in total. The van der Waals surface area contributed by atoms with Gasteiger partial charge in [-0.05, 0) is 52.6 Å². The van der Waals surface area contributed by atoms with Gasteiger partial charge in [0.15, 0.2) is 5.96 Å². The molecule has 0 aliphatic carbocycles. The lowest BCUT2D eigenvalue weighted by atomic mass is 10.1. The largest absolute Gasteiger partial charge is 0.444 e. The maximum absolute atomic E-state index is 11.6. The summed E-state index contributed by atoms with van der Waals surface area (Å²) in [6, 6.07) is 0. The number of nitrogens with one attached hydrogen (secondary N) is 3. The van der Waals surface area contributed by atoms with E-state index in [0.717, 1.165) is 19.0 Å². The predicted octanol–water partition coefficient (Wildman–Crippen LogP) is 2.42. The number of guanidine groups is 1. The van der Waals surface area contributed by atoms with Crippen LogP contribution in [0.5, 0.6) is 0 Å². The van der Waals surface area contributed by atoms with Gasteiger partial charge in [-0.1, -0.05) is 13.3 Å². The van der Waals surface area contributed by atoms with Crippen LogP contribution in [0.1, 0.15) is 47.0 Å². The second-order valence-electron chi connectivity index (χ2n) is 7.77. The van der Waals surface area contributed by atoms with Gasteiger partial charge in [-0.15, -0.1) is 24.0 Å². The number of nitrogens with zero attached hydrogens (tertiary/aromatic N) is 2. The number of rotatable bonds is 7. The molecule has 3 N–H and O–H groups in total. The second-order valence-corrected chi connectivity index (χ2v) is 7.77. The Morgan fingerprint density at radius 1 is 1.12 bits per heavy atom. The number of halogens is 1. The molecule has 0 radical (unpaired) electrons. The van der Waals surface area contributed by atoms with Gasteiger partial charge in [-0.25, -0.2) is 4.79 Å². The number of ether oxygens (including phenoxy) is 1. The summed E-state index contributed by atoms with van der Waals surface area (Å²) in [5.74, 6) is 1.33. The molecule has 1 rings (SSSR count). The van der Waals surface area contributed by atoms with Crippen molar-refractivity contribution < 1.29 is 9.53 Å². The minimum atomic E-state index is -0.473. The average molecular weight is 483 g/mol. The lowest BCUT2D eigenvalue weighted by Crippen LogP contribution is -2.44. The molecule has 1 atom stereocenters. The Morgan fingerprint density at radius 2 is 1.73 bits per heavy atom. The van der Waals surface area contributed by atoms with Crippen LogP contribution in [-0.2, 0) is 4.74 Å². The summed E-state index contributed by atoms with van der Waals surface area (Å²) < 4.78 is 5.19. The third-order valence-corrected chi connectivity index (χ3v) is 3.95. The Bertz CT molecular complexity index is 420. The van der Waals surface area contributed by atoms with Crippen molar-refractivity contribution in [3.8, 4) is 0 Å². The zero-order chi connectivity index (χ0) is 18.7. The van der Waals surface area contributed by atoms with Crippen molar-refractivity contribution in [2.45, 2.75) is 52.6 Å². The van der Waals surface area contributed by atoms with Crippen LogP contribution in [0.3, 0.4) is 0 Å². The monoisotopic (exact) mass is 483 g/mol. The molecule has 1 aliphatic heterocycles. The van der Waals surface area contributed by atoms with Crippen molar-refractivity contribution in [3.05, 3.63) is 0 Å². The van der Waals surface area contributed by atoms with Crippen molar-refractivity contribution in [2.24, 2.45) is 10.9 Å². The number of likely N-dealkylation sites (tertiary alicyclic amines) is 1. The van der Waals surface area contributed by atoms with Gasteiger partial charge < -0.3 is 25.6 Å². The molecule has 0 spiro atoms. The molecule has 0 aromatic heterocycles. The molecule has 0 aromatic carbocycles. The Labute approximate surface area is 176 Å². The maximum Gasteiger partial charge on any atom is 0.407 e. The zero-order valence-corrected chi connectivity index (χ0v) is 19.4. The zero-order valence-electron chi connectivity index (χ0n) is 17.1. The highest BCUT2D eigenvalue weighted by molar-refractivity contribution is 14.0. The Morgan fingerprint density at radius 3 is 2.31 bits per heavy atom. The van der Waals surface area contributed by atoms with E-state index in [2.05, 4.69) is 32.8 Å². The molecule has 1 saturated heterocycles. The van der Waals surface area contributed by atoms with Crippen LogP contribution in [0.2, 0.25) is 0 Å². The first-order chi connectivity index (χ1) is 11.8. The lowest BCUT2D eigenvalue weighted by Gasteiger charge is -2.29. The van der Waals surface area contributed by atoms with Gasteiger partial charge in [0.2, 0.25) is 0 Å². The van der Waals surface area contributed by atoms with Gasteiger partial charge in [0, 0.05) is 33.2 Å². The molecule has 26 heavy (non-hydrogen) atoms. The SMILES string of the molecule is CN=C(NCCNC(=O)OC(C)(C)C)NCC(C)CN1CCCCC1.I. The van der Waals surface area contributed by atoms with Crippen molar-refractivity contribution in [2.75, 3.05) is 46.3 Å². The Balaban J connectivity index is 0.00000625. The number of hydrogen-bond acceptors (Lipinski definition) is 4. The molecule has 1 amide bonds. The highest BCUT2D eigenvalue weighted by Gasteiger charge is 2.16. The number of alkyl carbamates (subject to hydrolysis) is 1. The highest BCUT2D eigenvalue weighted by atomic mass is 127. The fourth-order valence-corrected chi connectivity index (χ4v) is 2.80. The van der Waals surface area contributed by atoms with E-state index in [1.165, 1.54) is 32.4 Å². The molecule has 1 aliphatic rings. The lowest BCUT2D eigenvalue weighted by molar-refractivity contribution is 0.0529. The molecule has 1 heterocycles. The molecule has 8 heteroatoms. The van der Waals surface area contributed by atoms with Crippen LogP contribution in [-0.4, -0.2) is 68.9 Å². The van der Waals surface area contributed by atoms with Crippen molar-refractivity contribution >= 4 is 36.0 Å². The molecular weight excluding hydrogens is 445 g/mol. The van der Waals surface area contributed by atoms with Crippen molar-refractivity contribution in [3.63, 3.8) is 0 Å². The number of carbonyl (C=O) groups is 1.